The molecule has 27 heavy (non-hydrogen) atoms. The van der Waals surface area contributed by atoms with Gasteiger partial charge < -0.3 is 5.32 Å². The van der Waals surface area contributed by atoms with E-state index in [-0.39, 0.29) is 5.69 Å². The van der Waals surface area contributed by atoms with Crippen molar-refractivity contribution in [1.82, 2.24) is 14.8 Å². The third-order valence-electron chi connectivity index (χ3n) is 3.97. The largest absolute Gasteiger partial charge is 0.323 e. The fourth-order valence-electron chi connectivity index (χ4n) is 2.58. The first-order valence-electron chi connectivity index (χ1n) is 8.25. The average Bonchev–Trinajstić information content (AvgIpc) is 3.06. The van der Waals surface area contributed by atoms with Gasteiger partial charge in [0.05, 0.1) is 16.6 Å². The Morgan fingerprint density at radius 2 is 1.96 bits per heavy atom. The Kier molecular flexibility index (Phi) is 5.55. The predicted octanol–water partition coefficient (Wildman–Crippen LogP) is 4.28. The number of carbonyl (C=O) groups is 1. The summed E-state index contributed by atoms with van der Waals surface area (Å²) in [5, 5.41) is 10.4. The van der Waals surface area contributed by atoms with E-state index >= 15 is 0 Å². The van der Waals surface area contributed by atoms with Gasteiger partial charge in [0.2, 0.25) is 5.91 Å². The number of hydrogen-bond donors (Lipinski definition) is 1. The number of carbonyl (C=O) groups excluding carboxylic acids is 1. The summed E-state index contributed by atoms with van der Waals surface area (Å²) in [7, 11) is 0. The molecule has 0 bridgehead atoms. The highest BCUT2D eigenvalue weighted by atomic mass is 32.2. The van der Waals surface area contributed by atoms with E-state index in [1.54, 1.807) is 17.8 Å². The molecule has 3 aromatic rings. The highest BCUT2D eigenvalue weighted by Crippen LogP contribution is 2.27. The van der Waals surface area contributed by atoms with Crippen LogP contribution in [0.4, 0.5) is 14.5 Å². The van der Waals surface area contributed by atoms with Crippen LogP contribution in [0.15, 0.2) is 47.9 Å². The number of aryl methyl sites for hydroxylation is 2. The van der Waals surface area contributed by atoms with Crippen molar-refractivity contribution < 1.29 is 13.6 Å². The molecule has 0 unspecified atom stereocenters. The summed E-state index contributed by atoms with van der Waals surface area (Å²) >= 11 is 1.18. The van der Waals surface area contributed by atoms with Crippen molar-refractivity contribution in [2.45, 2.75) is 31.2 Å². The molecule has 1 N–H and O–H groups in total. The van der Waals surface area contributed by atoms with E-state index in [0.717, 1.165) is 35.0 Å². The summed E-state index contributed by atoms with van der Waals surface area (Å²) in [6, 6.07) is 8.91. The highest BCUT2D eigenvalue weighted by molar-refractivity contribution is 8.00. The van der Waals surface area contributed by atoms with E-state index < -0.39 is 22.8 Å². The fraction of sp³-hybridized carbons (Fsp3) is 0.211. The van der Waals surface area contributed by atoms with E-state index in [1.807, 2.05) is 32.0 Å². The zero-order valence-corrected chi connectivity index (χ0v) is 15.8. The van der Waals surface area contributed by atoms with Gasteiger partial charge >= 0.3 is 0 Å². The highest BCUT2D eigenvalue weighted by Gasteiger charge is 2.20. The summed E-state index contributed by atoms with van der Waals surface area (Å²) < 4.78 is 28.8. The van der Waals surface area contributed by atoms with Gasteiger partial charge in [-0.25, -0.2) is 8.78 Å². The topological polar surface area (TPSA) is 59.8 Å². The van der Waals surface area contributed by atoms with Crippen LogP contribution in [0.1, 0.15) is 18.1 Å². The first kappa shape index (κ1) is 19.0. The Hall–Kier alpha value is -2.74. The lowest BCUT2D eigenvalue weighted by molar-refractivity contribution is -0.115. The molecule has 0 spiro atoms. The van der Waals surface area contributed by atoms with Crippen LogP contribution >= 0.6 is 11.8 Å². The lowest BCUT2D eigenvalue weighted by atomic mass is 10.1. The van der Waals surface area contributed by atoms with Gasteiger partial charge in [0.25, 0.3) is 0 Å². The fourth-order valence-corrected chi connectivity index (χ4v) is 3.42. The number of rotatable bonds is 5. The number of halogens is 2. The molecule has 0 aliphatic heterocycles. The van der Waals surface area contributed by atoms with Gasteiger partial charge in [-0.3, -0.25) is 9.36 Å². The summed E-state index contributed by atoms with van der Waals surface area (Å²) in [5.41, 5.74) is 2.92. The van der Waals surface area contributed by atoms with Gasteiger partial charge in [-0.1, -0.05) is 29.5 Å². The molecular formula is C19H18F2N4OS. The van der Waals surface area contributed by atoms with Crippen LogP contribution in [0, 0.1) is 25.5 Å². The number of nitrogens with zero attached hydrogens (tertiary/aromatic N) is 3. The minimum atomic E-state index is -0.694. The predicted molar refractivity (Wildman–Crippen MR) is 101 cm³/mol. The molecule has 3 rings (SSSR count). The van der Waals surface area contributed by atoms with E-state index in [2.05, 4.69) is 15.5 Å². The maximum atomic E-state index is 13.7. The van der Waals surface area contributed by atoms with E-state index in [9.17, 15) is 13.6 Å². The summed E-state index contributed by atoms with van der Waals surface area (Å²) in [4.78, 5) is 12.4. The van der Waals surface area contributed by atoms with Gasteiger partial charge in [0, 0.05) is 6.07 Å². The van der Waals surface area contributed by atoms with Crippen molar-refractivity contribution in [3.63, 3.8) is 0 Å². The number of benzene rings is 2. The maximum absolute atomic E-state index is 13.7. The number of amides is 1. The second-order valence-corrected chi connectivity index (χ2v) is 7.45. The molecule has 8 heteroatoms. The first-order chi connectivity index (χ1) is 12.8. The van der Waals surface area contributed by atoms with Crippen LogP contribution in [0.3, 0.4) is 0 Å². The normalized spacial score (nSPS) is 12.0. The van der Waals surface area contributed by atoms with Crippen molar-refractivity contribution >= 4 is 23.4 Å². The number of aromatic nitrogens is 3. The van der Waals surface area contributed by atoms with Gasteiger partial charge in [0.15, 0.2) is 5.16 Å². The molecule has 0 saturated carbocycles. The Morgan fingerprint density at radius 1 is 1.19 bits per heavy atom. The number of anilines is 1. The standard InChI is InChI=1S/C19H18F2N4OS/c1-11-4-7-17(12(2)8-11)25-10-22-24-19(25)27-13(3)18(26)23-16-9-14(20)5-6-15(16)21/h4-10,13H,1-3H3,(H,23,26)/t13-/m0/s1. The number of nitrogens with one attached hydrogen (secondary N) is 1. The summed E-state index contributed by atoms with van der Waals surface area (Å²) in [6.45, 7) is 5.66. The van der Waals surface area contributed by atoms with Crippen LogP contribution < -0.4 is 5.32 Å². The second kappa shape index (κ2) is 7.87. The average molecular weight is 388 g/mol. The molecule has 0 aliphatic rings. The summed E-state index contributed by atoms with van der Waals surface area (Å²) in [5.74, 6) is -1.78. The molecule has 0 saturated heterocycles. The molecular weight excluding hydrogens is 370 g/mol. The van der Waals surface area contributed by atoms with Crippen molar-refractivity contribution in [1.29, 1.82) is 0 Å². The van der Waals surface area contributed by atoms with Crippen LogP contribution in [0.5, 0.6) is 0 Å². The minimum Gasteiger partial charge on any atom is -0.323 e. The van der Waals surface area contributed by atoms with Crippen LogP contribution in [0.25, 0.3) is 5.69 Å². The third kappa shape index (κ3) is 4.33. The van der Waals surface area contributed by atoms with Crippen molar-refractivity contribution in [3.05, 3.63) is 65.5 Å². The molecule has 1 aromatic heterocycles. The van der Waals surface area contributed by atoms with Crippen LogP contribution in [0.2, 0.25) is 0 Å². The SMILES string of the molecule is Cc1ccc(-n2cnnc2S[C@@H](C)C(=O)Nc2cc(F)ccc2F)c(C)c1. The monoisotopic (exact) mass is 388 g/mol. The first-order valence-corrected chi connectivity index (χ1v) is 9.13. The quantitative estimate of drug-likeness (QED) is 0.663. The Bertz CT molecular complexity index is 990. The van der Waals surface area contributed by atoms with Gasteiger partial charge in [-0.05, 0) is 44.5 Å². The molecule has 0 aliphatic carbocycles. The number of hydrogen-bond acceptors (Lipinski definition) is 4. The van der Waals surface area contributed by atoms with Crippen LogP contribution in [-0.4, -0.2) is 25.9 Å². The molecule has 5 nitrogen and oxygen atoms in total. The molecule has 1 heterocycles. The van der Waals surface area contributed by atoms with Crippen LogP contribution in [-0.2, 0) is 4.79 Å². The van der Waals surface area contributed by atoms with Crippen molar-refractivity contribution in [2.24, 2.45) is 0 Å². The van der Waals surface area contributed by atoms with E-state index in [0.29, 0.717) is 5.16 Å². The second-order valence-electron chi connectivity index (χ2n) is 6.15. The van der Waals surface area contributed by atoms with Gasteiger partial charge in [-0.2, -0.15) is 0 Å². The summed E-state index contributed by atoms with van der Waals surface area (Å²) in [6.07, 6.45) is 1.58. The van der Waals surface area contributed by atoms with Crippen molar-refractivity contribution in [2.75, 3.05) is 5.32 Å². The molecule has 140 valence electrons. The molecule has 1 atom stereocenters. The lowest BCUT2D eigenvalue weighted by Gasteiger charge is -2.14. The molecule has 2 aromatic carbocycles. The lowest BCUT2D eigenvalue weighted by Crippen LogP contribution is -2.23. The molecule has 1 amide bonds. The van der Waals surface area contributed by atoms with Gasteiger partial charge in [0.1, 0.15) is 18.0 Å². The Balaban J connectivity index is 1.77. The third-order valence-corrected chi connectivity index (χ3v) is 5.02. The Labute approximate surface area is 159 Å². The van der Waals surface area contributed by atoms with E-state index in [1.165, 1.54) is 11.8 Å². The smallest absolute Gasteiger partial charge is 0.237 e. The van der Waals surface area contributed by atoms with Gasteiger partial charge in [-0.15, -0.1) is 10.2 Å². The zero-order valence-electron chi connectivity index (χ0n) is 15.0. The zero-order chi connectivity index (χ0) is 19.6. The minimum absolute atomic E-state index is 0.191. The number of thioether (sulfide) groups is 1. The molecule has 0 radical (unpaired) electrons. The van der Waals surface area contributed by atoms with Crippen molar-refractivity contribution in [3.8, 4) is 5.69 Å². The maximum Gasteiger partial charge on any atom is 0.237 e. The molecule has 0 fully saturated rings. The van der Waals surface area contributed by atoms with E-state index in [4.69, 9.17) is 0 Å². The Morgan fingerprint density at radius 3 is 2.70 bits per heavy atom.